The lowest BCUT2D eigenvalue weighted by atomic mass is 9.99. The minimum Gasteiger partial charge on any atom is -0.392 e. The Kier molecular flexibility index (Phi) is 3.51. The van der Waals surface area contributed by atoms with Crippen molar-refractivity contribution in [2.75, 3.05) is 5.32 Å². The number of nitrogens with zero attached hydrogens (tertiary/aromatic N) is 2. The lowest BCUT2D eigenvalue weighted by Crippen LogP contribution is -2.15. The van der Waals surface area contributed by atoms with E-state index in [0.29, 0.717) is 11.5 Å². The van der Waals surface area contributed by atoms with Crippen LogP contribution in [-0.4, -0.2) is 31.6 Å². The Morgan fingerprint density at radius 1 is 1.33 bits per heavy atom. The van der Waals surface area contributed by atoms with E-state index in [-0.39, 0.29) is 18.9 Å². The highest BCUT2D eigenvalue weighted by Crippen LogP contribution is 2.35. The van der Waals surface area contributed by atoms with Crippen LogP contribution in [0.3, 0.4) is 0 Å². The second kappa shape index (κ2) is 5.92. The van der Waals surface area contributed by atoms with Crippen molar-refractivity contribution >= 4 is 28.3 Å². The number of pyridine rings is 1. The fourth-order valence-corrected chi connectivity index (χ4v) is 3.41. The van der Waals surface area contributed by atoms with Crippen molar-refractivity contribution in [3.8, 4) is 11.1 Å². The smallest absolute Gasteiger partial charge is 0.231 e. The van der Waals surface area contributed by atoms with E-state index in [4.69, 9.17) is 0 Å². The van der Waals surface area contributed by atoms with Gasteiger partial charge in [0.1, 0.15) is 11.8 Å². The minimum absolute atomic E-state index is 0.0701. The maximum Gasteiger partial charge on any atom is 0.231 e. The number of hydrogen-bond donors (Lipinski definition) is 3. The van der Waals surface area contributed by atoms with E-state index in [1.165, 1.54) is 0 Å². The normalized spacial score (nSPS) is 18.9. The van der Waals surface area contributed by atoms with Crippen LogP contribution in [0.4, 0.5) is 10.2 Å². The van der Waals surface area contributed by atoms with Gasteiger partial charge >= 0.3 is 0 Å². The third-order valence-electron chi connectivity index (χ3n) is 5.01. The van der Waals surface area contributed by atoms with E-state index in [2.05, 4.69) is 15.3 Å². The highest BCUT2D eigenvalue weighted by molar-refractivity contribution is 5.94. The van der Waals surface area contributed by atoms with Gasteiger partial charge in [0, 0.05) is 17.9 Å². The molecule has 1 fully saturated rings. The maximum absolute atomic E-state index is 13.0. The van der Waals surface area contributed by atoms with Crippen molar-refractivity contribution in [2.24, 2.45) is 5.92 Å². The number of hydrogen-bond acceptors (Lipinski definition) is 3. The first-order valence-electron chi connectivity index (χ1n) is 8.77. The van der Waals surface area contributed by atoms with Crippen LogP contribution in [0.25, 0.3) is 27.7 Å². The molecule has 0 saturated heterocycles. The third-order valence-corrected chi connectivity index (χ3v) is 5.01. The average Bonchev–Trinajstić information content (AvgIpc) is 3.06. The largest absolute Gasteiger partial charge is 0.392 e. The van der Waals surface area contributed by atoms with Gasteiger partial charge in [0.2, 0.25) is 5.91 Å². The molecular formula is C20H17FN4O2. The predicted octanol–water partition coefficient (Wildman–Crippen LogP) is 3.27. The molecule has 1 aromatic carbocycles. The van der Waals surface area contributed by atoms with E-state index in [9.17, 15) is 14.3 Å². The SMILES string of the molecule is O=C(Nc1cn2cc(-c3cc4cc[nH]c4cc3CO)ccc2n1)C1CC1F. The third kappa shape index (κ3) is 2.76. The van der Waals surface area contributed by atoms with Gasteiger partial charge in [-0.05, 0) is 58.8 Å². The molecule has 4 aromatic rings. The number of aliphatic hydroxyl groups excluding tert-OH is 1. The molecule has 5 rings (SSSR count). The number of carbonyl (C=O) groups excluding carboxylic acids is 1. The number of halogens is 1. The Balaban J connectivity index is 1.52. The molecule has 0 bridgehead atoms. The Morgan fingerprint density at radius 2 is 2.19 bits per heavy atom. The summed E-state index contributed by atoms with van der Waals surface area (Å²) in [5, 5.41) is 13.5. The predicted molar refractivity (Wildman–Crippen MR) is 100 cm³/mol. The zero-order chi connectivity index (χ0) is 18.5. The number of nitrogens with one attached hydrogen (secondary N) is 2. The van der Waals surface area contributed by atoms with E-state index in [1.807, 2.05) is 47.1 Å². The van der Waals surface area contributed by atoms with Gasteiger partial charge < -0.3 is 19.8 Å². The molecule has 6 nitrogen and oxygen atoms in total. The molecule has 0 aliphatic heterocycles. The average molecular weight is 364 g/mol. The molecule has 1 saturated carbocycles. The molecule has 1 aliphatic rings. The molecule has 1 aliphatic carbocycles. The van der Waals surface area contributed by atoms with Crippen LogP contribution in [0, 0.1) is 5.92 Å². The van der Waals surface area contributed by atoms with Crippen molar-refractivity contribution in [3.05, 3.63) is 54.5 Å². The van der Waals surface area contributed by atoms with Gasteiger partial charge in [0.05, 0.1) is 18.7 Å². The lowest BCUT2D eigenvalue weighted by Gasteiger charge is -2.09. The van der Waals surface area contributed by atoms with Crippen LogP contribution < -0.4 is 5.32 Å². The van der Waals surface area contributed by atoms with Gasteiger partial charge in [0.15, 0.2) is 5.82 Å². The molecule has 3 aromatic heterocycles. The quantitative estimate of drug-likeness (QED) is 0.520. The number of amides is 1. The summed E-state index contributed by atoms with van der Waals surface area (Å²) < 4.78 is 14.8. The summed E-state index contributed by atoms with van der Waals surface area (Å²) in [6.07, 6.45) is 4.73. The van der Waals surface area contributed by atoms with E-state index >= 15 is 0 Å². The molecule has 3 heterocycles. The van der Waals surface area contributed by atoms with Gasteiger partial charge in [-0.25, -0.2) is 9.37 Å². The number of rotatable bonds is 4. The summed E-state index contributed by atoms with van der Waals surface area (Å²) in [5.74, 6) is -0.475. The number of aliphatic hydroxyl groups is 1. The van der Waals surface area contributed by atoms with E-state index < -0.39 is 12.1 Å². The number of alkyl halides is 1. The zero-order valence-electron chi connectivity index (χ0n) is 14.3. The van der Waals surface area contributed by atoms with E-state index in [1.54, 1.807) is 6.20 Å². The van der Waals surface area contributed by atoms with Crippen molar-refractivity contribution in [2.45, 2.75) is 19.2 Å². The monoisotopic (exact) mass is 364 g/mol. The number of aromatic nitrogens is 3. The maximum atomic E-state index is 13.0. The van der Waals surface area contributed by atoms with Crippen molar-refractivity contribution in [1.82, 2.24) is 14.4 Å². The van der Waals surface area contributed by atoms with Gasteiger partial charge in [-0.3, -0.25) is 4.79 Å². The zero-order valence-corrected chi connectivity index (χ0v) is 14.3. The molecule has 1 amide bonds. The first kappa shape index (κ1) is 16.0. The minimum atomic E-state index is -1.03. The Bertz CT molecular complexity index is 1180. The van der Waals surface area contributed by atoms with Crippen molar-refractivity contribution < 1.29 is 14.3 Å². The van der Waals surface area contributed by atoms with Crippen molar-refractivity contribution in [1.29, 1.82) is 0 Å². The van der Waals surface area contributed by atoms with Crippen LogP contribution in [0.5, 0.6) is 0 Å². The molecule has 0 radical (unpaired) electrons. The molecular weight excluding hydrogens is 347 g/mol. The van der Waals surface area contributed by atoms with Gasteiger partial charge in [-0.1, -0.05) is 0 Å². The fourth-order valence-electron chi connectivity index (χ4n) is 3.41. The number of carbonyl (C=O) groups is 1. The summed E-state index contributed by atoms with van der Waals surface area (Å²) in [5.41, 5.74) is 4.33. The molecule has 0 spiro atoms. The second-order valence-electron chi connectivity index (χ2n) is 6.89. The molecule has 27 heavy (non-hydrogen) atoms. The number of fused-ring (bicyclic) bond motifs is 2. The summed E-state index contributed by atoms with van der Waals surface area (Å²) in [6, 6.07) is 9.74. The fraction of sp³-hybridized carbons (Fsp3) is 0.200. The summed E-state index contributed by atoms with van der Waals surface area (Å²) >= 11 is 0. The van der Waals surface area contributed by atoms with Crippen LogP contribution >= 0.6 is 0 Å². The number of imidazole rings is 1. The Labute approximate surface area is 153 Å². The summed E-state index contributed by atoms with van der Waals surface area (Å²) in [6.45, 7) is -0.0701. The summed E-state index contributed by atoms with van der Waals surface area (Å²) in [7, 11) is 0. The second-order valence-corrected chi connectivity index (χ2v) is 6.89. The number of anilines is 1. The van der Waals surface area contributed by atoms with Crippen molar-refractivity contribution in [3.63, 3.8) is 0 Å². The van der Waals surface area contributed by atoms with Crippen LogP contribution in [-0.2, 0) is 11.4 Å². The number of aromatic amines is 1. The molecule has 2 atom stereocenters. The van der Waals surface area contributed by atoms with Gasteiger partial charge in [-0.15, -0.1) is 0 Å². The highest BCUT2D eigenvalue weighted by atomic mass is 19.1. The Hall–Kier alpha value is -3.19. The van der Waals surface area contributed by atoms with Crippen LogP contribution in [0.2, 0.25) is 0 Å². The first-order chi connectivity index (χ1) is 13.1. The van der Waals surface area contributed by atoms with Gasteiger partial charge in [0.25, 0.3) is 0 Å². The van der Waals surface area contributed by atoms with Crippen LogP contribution in [0.1, 0.15) is 12.0 Å². The molecule has 2 unspecified atom stereocenters. The molecule has 3 N–H and O–H groups in total. The molecule has 136 valence electrons. The van der Waals surface area contributed by atoms with Crippen LogP contribution in [0.15, 0.2) is 48.9 Å². The highest BCUT2D eigenvalue weighted by Gasteiger charge is 2.43. The Morgan fingerprint density at radius 3 is 2.96 bits per heavy atom. The van der Waals surface area contributed by atoms with E-state index in [0.717, 1.165) is 27.6 Å². The number of benzene rings is 1. The van der Waals surface area contributed by atoms with Gasteiger partial charge in [-0.2, -0.15) is 0 Å². The summed E-state index contributed by atoms with van der Waals surface area (Å²) in [4.78, 5) is 19.4. The lowest BCUT2D eigenvalue weighted by molar-refractivity contribution is -0.117. The topological polar surface area (TPSA) is 82.4 Å². The number of H-pyrrole nitrogens is 1. The first-order valence-corrected chi connectivity index (χ1v) is 8.77. The standard InChI is InChI=1S/C20H17FN4O2/c21-16-7-15(16)20(27)24-18-9-25-8-12(1-2-19(25)23-18)14-5-11-3-4-22-17(11)6-13(14)10-26/h1-6,8-9,15-16,22,26H,7,10H2,(H,24,27). The molecule has 7 heteroatoms.